The molecule has 1 nitrogen and oxygen atoms in total. The Morgan fingerprint density at radius 2 is 2.08 bits per heavy atom. The molecular weight excluding hydrogens is 244 g/mol. The summed E-state index contributed by atoms with van der Waals surface area (Å²) in [6.07, 6.45) is 0. The average Bonchev–Trinajstić information content (AvgIpc) is 1.94. The van der Waals surface area contributed by atoms with Crippen molar-refractivity contribution in [2.24, 2.45) is 5.73 Å². The summed E-state index contributed by atoms with van der Waals surface area (Å²) in [5.74, 6) is -0.250. The minimum Gasteiger partial charge on any atom is -0.324 e. The van der Waals surface area contributed by atoms with Crippen molar-refractivity contribution in [3.63, 3.8) is 0 Å². The van der Waals surface area contributed by atoms with E-state index < -0.39 is 0 Å². The molecule has 2 N–H and O–H groups in total. The molecule has 12 heavy (non-hydrogen) atoms. The van der Waals surface area contributed by atoms with Crippen LogP contribution in [0.1, 0.15) is 18.5 Å². The van der Waals surface area contributed by atoms with Crippen molar-refractivity contribution in [1.29, 1.82) is 0 Å². The Balaban J connectivity index is 0.00000121. The molecule has 0 heterocycles. The normalized spacial score (nSPS) is 12.0. The van der Waals surface area contributed by atoms with E-state index in [1.807, 2.05) is 6.92 Å². The molecule has 0 spiro atoms. The minimum atomic E-state index is -0.250. The van der Waals surface area contributed by atoms with Crippen LogP contribution in [0.5, 0.6) is 0 Å². The summed E-state index contributed by atoms with van der Waals surface area (Å²) in [6.45, 7) is 1.82. The molecule has 0 fully saturated rings. The first-order valence-corrected chi connectivity index (χ1v) is 4.11. The highest BCUT2D eigenvalue weighted by Gasteiger charge is 2.04. The Kier molecular flexibility index (Phi) is 4.75. The third-order valence-electron chi connectivity index (χ3n) is 1.45. The van der Waals surface area contributed by atoms with Crippen LogP contribution in [-0.4, -0.2) is 0 Å². The van der Waals surface area contributed by atoms with Gasteiger partial charge in [-0.25, -0.2) is 4.39 Å². The van der Waals surface area contributed by atoms with Gasteiger partial charge in [0.25, 0.3) is 0 Å². The van der Waals surface area contributed by atoms with E-state index in [2.05, 4.69) is 15.9 Å². The quantitative estimate of drug-likeness (QED) is 0.819. The minimum absolute atomic E-state index is 0. The Labute approximate surface area is 85.7 Å². The van der Waals surface area contributed by atoms with Gasteiger partial charge in [0.05, 0.1) is 0 Å². The summed E-state index contributed by atoms with van der Waals surface area (Å²) >= 11 is 3.28. The van der Waals surface area contributed by atoms with Crippen LogP contribution in [0, 0.1) is 5.82 Å². The molecule has 0 aliphatic carbocycles. The summed E-state index contributed by atoms with van der Waals surface area (Å²) in [4.78, 5) is 0. The molecule has 1 atom stereocenters. The van der Waals surface area contributed by atoms with Crippen molar-refractivity contribution in [2.75, 3.05) is 0 Å². The van der Waals surface area contributed by atoms with Gasteiger partial charge in [0.2, 0.25) is 0 Å². The Hall–Kier alpha value is -0.120. The number of hydrogen-bond acceptors (Lipinski definition) is 1. The van der Waals surface area contributed by atoms with E-state index in [-0.39, 0.29) is 24.3 Å². The zero-order valence-corrected chi connectivity index (χ0v) is 8.95. The molecule has 4 heteroatoms. The molecule has 0 radical (unpaired) electrons. The van der Waals surface area contributed by atoms with Crippen LogP contribution in [-0.2, 0) is 0 Å². The summed E-state index contributed by atoms with van der Waals surface area (Å²) < 4.78 is 13.5. The van der Waals surface area contributed by atoms with Crippen LogP contribution in [0.25, 0.3) is 0 Å². The van der Waals surface area contributed by atoms with Gasteiger partial charge in [0, 0.05) is 10.5 Å². The van der Waals surface area contributed by atoms with E-state index >= 15 is 0 Å². The lowest BCUT2D eigenvalue weighted by Gasteiger charge is -2.07. The van der Waals surface area contributed by atoms with Crippen LogP contribution in [0.15, 0.2) is 22.7 Å². The zero-order chi connectivity index (χ0) is 8.43. The molecule has 0 aromatic heterocycles. The molecule has 0 unspecified atom stereocenters. The highest BCUT2D eigenvalue weighted by Crippen LogP contribution is 2.22. The lowest BCUT2D eigenvalue weighted by molar-refractivity contribution is 0.621. The first-order valence-electron chi connectivity index (χ1n) is 3.32. The predicted molar refractivity (Wildman–Crippen MR) is 54.0 cm³/mol. The highest BCUT2D eigenvalue weighted by molar-refractivity contribution is 9.10. The van der Waals surface area contributed by atoms with Crippen LogP contribution in [0.4, 0.5) is 4.39 Å². The summed E-state index contributed by atoms with van der Waals surface area (Å²) in [5.41, 5.74) is 6.38. The maximum absolute atomic E-state index is 12.6. The van der Waals surface area contributed by atoms with Crippen LogP contribution >= 0.6 is 28.3 Å². The van der Waals surface area contributed by atoms with Crippen molar-refractivity contribution in [2.45, 2.75) is 13.0 Å². The molecule has 0 aliphatic heterocycles. The standard InChI is InChI=1S/C8H9BrFN.ClH/c1-5(11)7-4-6(10)2-3-8(7)9;/h2-5H,11H2,1H3;1H/t5-;/m0./s1. The van der Waals surface area contributed by atoms with Gasteiger partial charge in [-0.15, -0.1) is 12.4 Å². The second-order valence-electron chi connectivity index (χ2n) is 2.45. The SMILES string of the molecule is C[C@H](N)c1cc(F)ccc1Br.Cl. The van der Waals surface area contributed by atoms with E-state index in [1.165, 1.54) is 12.1 Å². The van der Waals surface area contributed by atoms with E-state index in [0.717, 1.165) is 10.0 Å². The second-order valence-corrected chi connectivity index (χ2v) is 3.31. The van der Waals surface area contributed by atoms with Gasteiger partial charge in [-0.05, 0) is 30.7 Å². The maximum atomic E-state index is 12.6. The van der Waals surface area contributed by atoms with E-state index in [0.29, 0.717) is 0 Å². The molecule has 1 aromatic rings. The molecular formula is C8H10BrClFN. The lowest BCUT2D eigenvalue weighted by atomic mass is 10.1. The molecule has 0 amide bonds. The van der Waals surface area contributed by atoms with Crippen molar-refractivity contribution in [3.05, 3.63) is 34.1 Å². The number of hydrogen-bond donors (Lipinski definition) is 1. The second kappa shape index (κ2) is 4.80. The summed E-state index contributed by atoms with van der Waals surface area (Å²) in [7, 11) is 0. The maximum Gasteiger partial charge on any atom is 0.123 e. The van der Waals surface area contributed by atoms with Crippen molar-refractivity contribution >= 4 is 28.3 Å². The molecule has 0 saturated heterocycles. The largest absolute Gasteiger partial charge is 0.324 e. The van der Waals surface area contributed by atoms with Gasteiger partial charge in [0.15, 0.2) is 0 Å². The van der Waals surface area contributed by atoms with E-state index in [1.54, 1.807) is 6.07 Å². The van der Waals surface area contributed by atoms with Crippen molar-refractivity contribution in [3.8, 4) is 0 Å². The molecule has 0 saturated carbocycles. The van der Waals surface area contributed by atoms with Crippen molar-refractivity contribution in [1.82, 2.24) is 0 Å². The summed E-state index contributed by atoms with van der Waals surface area (Å²) in [6, 6.07) is 4.36. The smallest absolute Gasteiger partial charge is 0.123 e. The predicted octanol–water partition coefficient (Wildman–Crippen LogP) is 3.03. The average molecular weight is 255 g/mol. The molecule has 1 rings (SSSR count). The van der Waals surface area contributed by atoms with Crippen LogP contribution in [0.3, 0.4) is 0 Å². The fourth-order valence-electron chi connectivity index (χ4n) is 0.864. The first kappa shape index (κ1) is 11.9. The van der Waals surface area contributed by atoms with Gasteiger partial charge in [0.1, 0.15) is 5.82 Å². The molecule has 68 valence electrons. The third-order valence-corrected chi connectivity index (χ3v) is 2.17. The van der Waals surface area contributed by atoms with E-state index in [4.69, 9.17) is 5.73 Å². The Morgan fingerprint density at radius 1 is 1.50 bits per heavy atom. The van der Waals surface area contributed by atoms with Crippen LogP contribution in [0.2, 0.25) is 0 Å². The Morgan fingerprint density at radius 3 is 2.50 bits per heavy atom. The zero-order valence-electron chi connectivity index (χ0n) is 6.55. The topological polar surface area (TPSA) is 26.0 Å². The van der Waals surface area contributed by atoms with Gasteiger partial charge in [-0.1, -0.05) is 15.9 Å². The highest BCUT2D eigenvalue weighted by atomic mass is 79.9. The first-order chi connectivity index (χ1) is 5.11. The number of rotatable bonds is 1. The fourth-order valence-corrected chi connectivity index (χ4v) is 1.47. The summed E-state index contributed by atoms with van der Waals surface area (Å²) in [5, 5.41) is 0. The Bertz CT molecular complexity index is 265. The molecule has 0 bridgehead atoms. The van der Waals surface area contributed by atoms with Gasteiger partial charge >= 0.3 is 0 Å². The van der Waals surface area contributed by atoms with E-state index in [9.17, 15) is 4.39 Å². The monoisotopic (exact) mass is 253 g/mol. The fraction of sp³-hybridized carbons (Fsp3) is 0.250. The molecule has 1 aromatic carbocycles. The van der Waals surface area contributed by atoms with Crippen molar-refractivity contribution < 1.29 is 4.39 Å². The number of halogens is 3. The molecule has 0 aliphatic rings. The van der Waals surface area contributed by atoms with Gasteiger partial charge < -0.3 is 5.73 Å². The number of benzene rings is 1. The van der Waals surface area contributed by atoms with Crippen LogP contribution < -0.4 is 5.73 Å². The number of nitrogens with two attached hydrogens (primary N) is 1. The lowest BCUT2D eigenvalue weighted by Crippen LogP contribution is -2.05. The third kappa shape index (κ3) is 2.73. The van der Waals surface area contributed by atoms with Gasteiger partial charge in [-0.2, -0.15) is 0 Å². The van der Waals surface area contributed by atoms with Gasteiger partial charge in [-0.3, -0.25) is 0 Å².